The van der Waals surface area contributed by atoms with E-state index in [0.717, 1.165) is 25.3 Å². The molecule has 0 aromatic rings. The van der Waals surface area contributed by atoms with E-state index in [0.29, 0.717) is 12.0 Å². The van der Waals surface area contributed by atoms with E-state index >= 15 is 0 Å². The minimum Gasteiger partial charge on any atom is -0.496 e. The van der Waals surface area contributed by atoms with Gasteiger partial charge in [0, 0.05) is 18.7 Å². The van der Waals surface area contributed by atoms with Crippen molar-refractivity contribution in [2.24, 2.45) is 10.9 Å². The first-order chi connectivity index (χ1) is 7.25. The number of aliphatic imine (C=N–C) groups is 1. The molecular formula is C12H20N2O. The first kappa shape index (κ1) is 10.7. The van der Waals surface area contributed by atoms with E-state index in [1.807, 2.05) is 0 Å². The molecule has 2 heterocycles. The van der Waals surface area contributed by atoms with E-state index in [4.69, 9.17) is 4.74 Å². The molecule has 0 saturated carbocycles. The maximum absolute atomic E-state index is 5.31. The molecule has 3 nitrogen and oxygen atoms in total. The van der Waals surface area contributed by atoms with Gasteiger partial charge in [-0.3, -0.25) is 4.99 Å². The fourth-order valence-electron chi connectivity index (χ4n) is 2.25. The molecule has 2 fully saturated rings. The van der Waals surface area contributed by atoms with Crippen LogP contribution in [0.2, 0.25) is 0 Å². The van der Waals surface area contributed by atoms with Gasteiger partial charge in [-0.1, -0.05) is 6.58 Å². The van der Waals surface area contributed by atoms with Crippen LogP contribution >= 0.6 is 0 Å². The van der Waals surface area contributed by atoms with Crippen LogP contribution < -0.4 is 5.32 Å². The minimum atomic E-state index is 0.218. The summed E-state index contributed by atoms with van der Waals surface area (Å²) in [5.74, 6) is 1.47. The van der Waals surface area contributed by atoms with Crippen molar-refractivity contribution in [1.82, 2.24) is 5.32 Å². The zero-order valence-electron chi connectivity index (χ0n) is 9.41. The first-order valence-corrected chi connectivity index (χ1v) is 5.84. The largest absolute Gasteiger partial charge is 0.496 e. The average Bonchev–Trinajstić information content (AvgIpc) is 2.61. The van der Waals surface area contributed by atoms with Crippen LogP contribution in [0.25, 0.3) is 0 Å². The van der Waals surface area contributed by atoms with Gasteiger partial charge in [-0.25, -0.2) is 0 Å². The van der Waals surface area contributed by atoms with Crippen molar-refractivity contribution in [2.45, 2.75) is 38.3 Å². The summed E-state index contributed by atoms with van der Waals surface area (Å²) in [6, 6.07) is 0.841. The van der Waals surface area contributed by atoms with Gasteiger partial charge in [-0.2, -0.15) is 0 Å². The molecule has 0 radical (unpaired) electrons. The Labute approximate surface area is 91.6 Å². The van der Waals surface area contributed by atoms with Crippen molar-refractivity contribution in [1.29, 1.82) is 0 Å². The molecule has 1 unspecified atom stereocenters. The second-order valence-electron chi connectivity index (χ2n) is 4.56. The molecule has 2 aliphatic rings. The molecule has 0 spiro atoms. The van der Waals surface area contributed by atoms with Crippen LogP contribution in [-0.2, 0) is 4.74 Å². The van der Waals surface area contributed by atoms with Gasteiger partial charge in [-0.05, 0) is 32.2 Å². The van der Waals surface area contributed by atoms with Crippen molar-refractivity contribution < 1.29 is 4.74 Å². The molecule has 2 saturated heterocycles. The van der Waals surface area contributed by atoms with Gasteiger partial charge in [0.1, 0.15) is 11.8 Å². The Hall–Kier alpha value is -0.830. The third kappa shape index (κ3) is 2.81. The summed E-state index contributed by atoms with van der Waals surface area (Å²) < 4.78 is 5.31. The quantitative estimate of drug-likeness (QED) is 0.701. The molecule has 2 aliphatic heterocycles. The maximum atomic E-state index is 5.31. The molecule has 0 bridgehead atoms. The van der Waals surface area contributed by atoms with Gasteiger partial charge in [0.2, 0.25) is 0 Å². The summed E-state index contributed by atoms with van der Waals surface area (Å²) in [7, 11) is 0. The second-order valence-corrected chi connectivity index (χ2v) is 4.56. The van der Waals surface area contributed by atoms with E-state index in [1.54, 1.807) is 0 Å². The van der Waals surface area contributed by atoms with Crippen molar-refractivity contribution >= 4 is 6.21 Å². The Bertz CT molecular complexity index is 262. The highest BCUT2D eigenvalue weighted by atomic mass is 16.5. The zero-order chi connectivity index (χ0) is 10.7. The van der Waals surface area contributed by atoms with Crippen LogP contribution in [0.15, 0.2) is 17.3 Å². The Morgan fingerprint density at radius 3 is 3.07 bits per heavy atom. The van der Waals surface area contributed by atoms with Crippen molar-refractivity contribution in [3.05, 3.63) is 12.3 Å². The van der Waals surface area contributed by atoms with Crippen molar-refractivity contribution in [3.8, 4) is 0 Å². The maximum Gasteiger partial charge on any atom is 0.113 e. The number of nitrogens with zero attached hydrogens (tertiary/aromatic N) is 1. The van der Waals surface area contributed by atoms with E-state index in [9.17, 15) is 0 Å². The minimum absolute atomic E-state index is 0.218. The average molecular weight is 208 g/mol. The van der Waals surface area contributed by atoms with Gasteiger partial charge in [0.15, 0.2) is 0 Å². The fourth-order valence-corrected chi connectivity index (χ4v) is 2.25. The summed E-state index contributed by atoms with van der Waals surface area (Å²) in [4.78, 5) is 4.58. The predicted molar refractivity (Wildman–Crippen MR) is 62.2 cm³/mol. The Kier molecular flexibility index (Phi) is 3.41. The fraction of sp³-hybridized carbons (Fsp3) is 0.750. The molecule has 84 valence electrons. The van der Waals surface area contributed by atoms with Crippen molar-refractivity contribution in [3.63, 3.8) is 0 Å². The van der Waals surface area contributed by atoms with Crippen LogP contribution in [0, 0.1) is 5.92 Å². The number of nitrogens with one attached hydrogen (secondary N) is 1. The zero-order valence-corrected chi connectivity index (χ0v) is 9.41. The Morgan fingerprint density at radius 2 is 2.40 bits per heavy atom. The third-order valence-electron chi connectivity index (χ3n) is 3.19. The summed E-state index contributed by atoms with van der Waals surface area (Å²) in [6.07, 6.45) is 5.52. The van der Waals surface area contributed by atoms with Crippen LogP contribution in [0.5, 0.6) is 0 Å². The smallest absolute Gasteiger partial charge is 0.113 e. The molecule has 3 heteroatoms. The molecule has 1 N–H and O–H groups in total. The van der Waals surface area contributed by atoms with Gasteiger partial charge in [0.05, 0.1) is 6.61 Å². The number of ether oxygens (including phenoxy) is 1. The van der Waals surface area contributed by atoms with Gasteiger partial charge in [-0.15, -0.1) is 0 Å². The van der Waals surface area contributed by atoms with Gasteiger partial charge < -0.3 is 10.1 Å². The molecular weight excluding hydrogens is 188 g/mol. The monoisotopic (exact) mass is 208 g/mol. The summed E-state index contributed by atoms with van der Waals surface area (Å²) in [5, 5.41) is 3.44. The summed E-state index contributed by atoms with van der Waals surface area (Å²) in [5.41, 5.74) is 0. The normalized spacial score (nSPS) is 37.1. The number of hydrogen-bond donors (Lipinski definition) is 1. The summed E-state index contributed by atoms with van der Waals surface area (Å²) >= 11 is 0. The Morgan fingerprint density at radius 1 is 1.53 bits per heavy atom. The molecule has 0 amide bonds. The van der Waals surface area contributed by atoms with E-state index in [-0.39, 0.29) is 6.04 Å². The highest BCUT2D eigenvalue weighted by Crippen LogP contribution is 2.20. The molecule has 15 heavy (non-hydrogen) atoms. The third-order valence-corrected chi connectivity index (χ3v) is 3.19. The highest BCUT2D eigenvalue weighted by Gasteiger charge is 2.21. The molecule has 2 rings (SSSR count). The number of rotatable bonds is 2. The first-order valence-electron chi connectivity index (χ1n) is 5.84. The standard InChI is InChI=1S/C12H20N2O/c1-9-7-11(3-5-13-9)8-14-12-4-6-15-10(12)2/h8-9,11-13H,2-7H2,1H3/t9-,11?,12+/m1/s1. The molecule has 0 aliphatic carbocycles. The van der Waals surface area contributed by atoms with Crippen LogP contribution in [0.3, 0.4) is 0 Å². The van der Waals surface area contributed by atoms with Crippen molar-refractivity contribution in [2.75, 3.05) is 13.2 Å². The van der Waals surface area contributed by atoms with E-state index in [1.165, 1.54) is 12.8 Å². The van der Waals surface area contributed by atoms with E-state index in [2.05, 4.69) is 30.0 Å². The van der Waals surface area contributed by atoms with Crippen LogP contribution in [-0.4, -0.2) is 31.4 Å². The lowest BCUT2D eigenvalue weighted by Gasteiger charge is -2.25. The van der Waals surface area contributed by atoms with Crippen LogP contribution in [0.4, 0.5) is 0 Å². The summed E-state index contributed by atoms with van der Waals surface area (Å²) in [6.45, 7) is 7.99. The number of hydrogen-bond acceptors (Lipinski definition) is 3. The molecule has 0 aromatic heterocycles. The topological polar surface area (TPSA) is 33.6 Å². The highest BCUT2D eigenvalue weighted by molar-refractivity contribution is 5.61. The van der Waals surface area contributed by atoms with Crippen LogP contribution in [0.1, 0.15) is 26.2 Å². The van der Waals surface area contributed by atoms with Gasteiger partial charge >= 0.3 is 0 Å². The second kappa shape index (κ2) is 4.79. The number of piperidine rings is 1. The van der Waals surface area contributed by atoms with Gasteiger partial charge in [0.25, 0.3) is 0 Å². The predicted octanol–water partition coefficient (Wildman–Crippen LogP) is 1.75. The van der Waals surface area contributed by atoms with E-state index < -0.39 is 0 Å². The SMILES string of the molecule is C=C1OCC[C@@H]1N=CC1CCN[C@H](C)C1. The lowest BCUT2D eigenvalue weighted by Crippen LogP contribution is -2.36. The lowest BCUT2D eigenvalue weighted by atomic mass is 9.94. The lowest BCUT2D eigenvalue weighted by molar-refractivity contribution is 0.263. The molecule has 0 aromatic carbocycles. The Balaban J connectivity index is 1.84. The molecule has 3 atom stereocenters.